The minimum absolute atomic E-state index is 0.655. The molecule has 0 atom stereocenters. The molecule has 0 N–H and O–H groups in total. The molecule has 8 aromatic rings. The van der Waals surface area contributed by atoms with Gasteiger partial charge in [-0.05, 0) is 52.6 Å². The van der Waals surface area contributed by atoms with Crippen LogP contribution in [-0.2, 0) is 0 Å². The molecule has 9 rings (SSSR count). The van der Waals surface area contributed by atoms with Crippen molar-refractivity contribution in [2.24, 2.45) is 0 Å². The zero-order valence-corrected chi connectivity index (χ0v) is 20.2. The summed E-state index contributed by atoms with van der Waals surface area (Å²) in [5.74, 6) is 2.41. The highest BCUT2D eigenvalue weighted by atomic mass is 16.5. The van der Waals surface area contributed by atoms with Crippen molar-refractivity contribution in [1.29, 1.82) is 0 Å². The predicted octanol–water partition coefficient (Wildman–Crippen LogP) is 8.81. The fourth-order valence-electron chi connectivity index (χ4n) is 6.09. The lowest BCUT2D eigenvalue weighted by Crippen LogP contribution is -2.03. The molecule has 0 radical (unpaired) electrons. The predicted molar refractivity (Wildman–Crippen MR) is 154 cm³/mol. The van der Waals surface area contributed by atoms with Gasteiger partial charge in [-0.25, -0.2) is 9.97 Å². The van der Waals surface area contributed by atoms with Crippen LogP contribution in [0.15, 0.2) is 115 Å². The molecule has 0 saturated carbocycles. The molecule has 3 heterocycles. The van der Waals surface area contributed by atoms with E-state index in [1.807, 2.05) is 30.3 Å². The van der Waals surface area contributed by atoms with Gasteiger partial charge in [-0.3, -0.25) is 4.57 Å². The Hall–Kier alpha value is -5.22. The van der Waals surface area contributed by atoms with Crippen molar-refractivity contribution in [1.82, 2.24) is 14.5 Å². The molecular formula is C34H19N3O. The van der Waals surface area contributed by atoms with E-state index in [-0.39, 0.29) is 0 Å². The van der Waals surface area contributed by atoms with Crippen LogP contribution in [0.1, 0.15) is 0 Å². The van der Waals surface area contributed by atoms with Crippen LogP contribution in [-0.4, -0.2) is 14.5 Å². The number of benzene rings is 6. The smallest absolute Gasteiger partial charge is 0.235 e. The Kier molecular flexibility index (Phi) is 3.76. The Morgan fingerprint density at radius 2 is 1.26 bits per heavy atom. The first-order valence-electron chi connectivity index (χ1n) is 12.8. The van der Waals surface area contributed by atoms with E-state index in [2.05, 4.69) is 89.5 Å². The summed E-state index contributed by atoms with van der Waals surface area (Å²) >= 11 is 0. The van der Waals surface area contributed by atoms with Crippen LogP contribution >= 0.6 is 0 Å². The Bertz CT molecular complexity index is 2280. The topological polar surface area (TPSA) is 39.9 Å². The molecule has 0 amide bonds. The van der Waals surface area contributed by atoms with Crippen molar-refractivity contribution >= 4 is 54.3 Å². The average molecular weight is 486 g/mol. The quantitative estimate of drug-likeness (QED) is 0.246. The minimum atomic E-state index is 0.655. The number of nitrogens with zero attached hydrogens (tertiary/aromatic N) is 3. The second kappa shape index (κ2) is 7.17. The van der Waals surface area contributed by atoms with Gasteiger partial charge in [-0.1, -0.05) is 78.9 Å². The Balaban J connectivity index is 1.41. The van der Waals surface area contributed by atoms with Crippen molar-refractivity contribution in [3.63, 3.8) is 0 Å². The molecule has 38 heavy (non-hydrogen) atoms. The van der Waals surface area contributed by atoms with Gasteiger partial charge in [0.1, 0.15) is 11.5 Å². The first-order chi connectivity index (χ1) is 18.8. The number of ether oxygens (including phenoxy) is 1. The second-order valence-corrected chi connectivity index (χ2v) is 9.85. The number of hydrogen-bond donors (Lipinski definition) is 0. The van der Waals surface area contributed by atoms with E-state index in [4.69, 9.17) is 14.7 Å². The van der Waals surface area contributed by atoms with Crippen molar-refractivity contribution in [3.8, 4) is 28.7 Å². The molecular weight excluding hydrogens is 466 g/mol. The molecule has 6 aromatic carbocycles. The normalized spacial score (nSPS) is 12.4. The summed E-state index contributed by atoms with van der Waals surface area (Å²) in [5.41, 5.74) is 5.04. The van der Waals surface area contributed by atoms with Crippen molar-refractivity contribution in [2.75, 3.05) is 0 Å². The molecule has 1 aliphatic heterocycles. The molecule has 176 valence electrons. The van der Waals surface area contributed by atoms with Crippen molar-refractivity contribution in [2.45, 2.75) is 0 Å². The fourth-order valence-corrected chi connectivity index (χ4v) is 6.09. The van der Waals surface area contributed by atoms with Gasteiger partial charge in [0.25, 0.3) is 0 Å². The van der Waals surface area contributed by atoms with Crippen LogP contribution in [0, 0.1) is 0 Å². The zero-order chi connectivity index (χ0) is 24.8. The summed E-state index contributed by atoms with van der Waals surface area (Å²) in [7, 11) is 0. The van der Waals surface area contributed by atoms with E-state index in [0.717, 1.165) is 55.5 Å². The number of para-hydroxylation sites is 1. The molecule has 0 fully saturated rings. The third-order valence-corrected chi connectivity index (χ3v) is 7.76. The Morgan fingerprint density at radius 3 is 2.21 bits per heavy atom. The van der Waals surface area contributed by atoms with E-state index in [1.54, 1.807) is 0 Å². The summed E-state index contributed by atoms with van der Waals surface area (Å²) in [6.45, 7) is 0. The highest BCUT2D eigenvalue weighted by Crippen LogP contribution is 2.48. The maximum Gasteiger partial charge on any atom is 0.235 e. The Labute approximate surface area is 217 Å². The summed E-state index contributed by atoms with van der Waals surface area (Å²) in [6, 6.07) is 40.1. The van der Waals surface area contributed by atoms with Crippen LogP contribution < -0.4 is 4.74 Å². The Morgan fingerprint density at radius 1 is 0.526 bits per heavy atom. The summed E-state index contributed by atoms with van der Waals surface area (Å²) < 4.78 is 8.58. The second-order valence-electron chi connectivity index (χ2n) is 9.85. The standard InChI is InChI=1S/C34H19N3O/c1-2-8-22-19-23(16-15-20(22)7-1)33-24-10-3-4-11-25(24)35-34(36-33)37-26-12-6-14-29-31(26)32-27(37)18-17-21-9-5-13-28(38-29)30(21)32/h1-19H. The van der Waals surface area contributed by atoms with Gasteiger partial charge in [0.2, 0.25) is 5.95 Å². The van der Waals surface area contributed by atoms with E-state index in [9.17, 15) is 0 Å². The van der Waals surface area contributed by atoms with Gasteiger partial charge in [-0.2, -0.15) is 0 Å². The first kappa shape index (κ1) is 19.9. The van der Waals surface area contributed by atoms with Gasteiger partial charge >= 0.3 is 0 Å². The minimum Gasteiger partial charge on any atom is -0.456 e. The molecule has 2 aromatic heterocycles. The average Bonchev–Trinajstić information content (AvgIpc) is 3.32. The lowest BCUT2D eigenvalue weighted by Gasteiger charge is -2.15. The highest BCUT2D eigenvalue weighted by molar-refractivity contribution is 6.26. The summed E-state index contributed by atoms with van der Waals surface area (Å²) in [6.07, 6.45) is 0. The number of rotatable bonds is 2. The van der Waals surface area contributed by atoms with Crippen molar-refractivity contribution in [3.05, 3.63) is 115 Å². The maximum absolute atomic E-state index is 6.38. The van der Waals surface area contributed by atoms with Crippen LogP contribution in [0.2, 0.25) is 0 Å². The molecule has 0 spiro atoms. The van der Waals surface area contributed by atoms with E-state index >= 15 is 0 Å². The molecule has 4 nitrogen and oxygen atoms in total. The van der Waals surface area contributed by atoms with Crippen LogP contribution in [0.4, 0.5) is 0 Å². The van der Waals surface area contributed by atoms with Crippen LogP contribution in [0.5, 0.6) is 11.5 Å². The van der Waals surface area contributed by atoms with Crippen LogP contribution in [0.3, 0.4) is 0 Å². The third kappa shape index (κ3) is 2.58. The van der Waals surface area contributed by atoms with Crippen molar-refractivity contribution < 1.29 is 4.74 Å². The SMILES string of the molecule is c1ccc2cc(-c3nc(-n4c5cccc6c5c5c7c(cccc7ccc54)O6)nc4ccccc34)ccc2c1. The monoisotopic (exact) mass is 485 g/mol. The zero-order valence-electron chi connectivity index (χ0n) is 20.2. The third-order valence-electron chi connectivity index (χ3n) is 7.76. The molecule has 4 heteroatoms. The molecule has 0 aliphatic carbocycles. The van der Waals surface area contributed by atoms with E-state index in [0.29, 0.717) is 5.95 Å². The summed E-state index contributed by atoms with van der Waals surface area (Å²) in [5, 5.41) is 8.05. The lowest BCUT2D eigenvalue weighted by molar-refractivity contribution is 0.493. The van der Waals surface area contributed by atoms with Gasteiger partial charge in [-0.15, -0.1) is 0 Å². The first-order valence-corrected chi connectivity index (χ1v) is 12.8. The van der Waals surface area contributed by atoms with Crippen LogP contribution in [0.25, 0.3) is 71.5 Å². The van der Waals surface area contributed by atoms with Gasteiger partial charge in [0.15, 0.2) is 0 Å². The van der Waals surface area contributed by atoms with E-state index in [1.165, 1.54) is 21.5 Å². The molecule has 0 unspecified atom stereocenters. The van der Waals surface area contributed by atoms with E-state index < -0.39 is 0 Å². The van der Waals surface area contributed by atoms with Gasteiger partial charge < -0.3 is 4.74 Å². The molecule has 0 bridgehead atoms. The number of fused-ring (bicyclic) bond motifs is 2. The largest absolute Gasteiger partial charge is 0.456 e. The number of hydrogen-bond acceptors (Lipinski definition) is 3. The lowest BCUT2D eigenvalue weighted by atomic mass is 10.0. The fraction of sp³-hybridized carbons (Fsp3) is 0. The van der Waals surface area contributed by atoms with Gasteiger partial charge in [0, 0.05) is 21.7 Å². The maximum atomic E-state index is 6.38. The highest BCUT2D eigenvalue weighted by Gasteiger charge is 2.25. The molecule has 0 saturated heterocycles. The van der Waals surface area contributed by atoms with Gasteiger partial charge in [0.05, 0.1) is 27.6 Å². The molecule has 1 aliphatic rings. The number of aromatic nitrogens is 3. The summed E-state index contributed by atoms with van der Waals surface area (Å²) in [4.78, 5) is 10.4.